The summed E-state index contributed by atoms with van der Waals surface area (Å²) in [4.78, 5) is 0. The lowest BCUT2D eigenvalue weighted by molar-refractivity contribution is -0.160. The van der Waals surface area contributed by atoms with Crippen molar-refractivity contribution in [1.29, 1.82) is 0 Å². The number of ether oxygens (including phenoxy) is 3. The van der Waals surface area contributed by atoms with E-state index in [1.807, 2.05) is 13.8 Å². The van der Waals surface area contributed by atoms with E-state index >= 15 is 0 Å². The van der Waals surface area contributed by atoms with Crippen LogP contribution in [0, 0.1) is 5.92 Å². The Hall–Kier alpha value is -0.160. The van der Waals surface area contributed by atoms with Crippen LogP contribution in [0.1, 0.15) is 40.0 Å². The van der Waals surface area contributed by atoms with Crippen LogP contribution in [0.25, 0.3) is 0 Å². The molecule has 17 heavy (non-hydrogen) atoms. The van der Waals surface area contributed by atoms with Gasteiger partial charge in [0.25, 0.3) is 0 Å². The Morgan fingerprint density at radius 2 is 2.00 bits per heavy atom. The maximum absolute atomic E-state index is 6.10. The largest absolute Gasteiger partial charge is 0.381 e. The van der Waals surface area contributed by atoms with E-state index in [1.54, 1.807) is 0 Å². The summed E-state index contributed by atoms with van der Waals surface area (Å²) < 4.78 is 17.5. The maximum atomic E-state index is 6.10. The van der Waals surface area contributed by atoms with Crippen molar-refractivity contribution in [2.75, 3.05) is 13.2 Å². The lowest BCUT2D eigenvalue weighted by atomic mass is 10.1. The van der Waals surface area contributed by atoms with Crippen LogP contribution >= 0.6 is 0 Å². The second-order valence-electron chi connectivity index (χ2n) is 5.65. The first-order valence-electron chi connectivity index (χ1n) is 6.72. The molecule has 0 bridgehead atoms. The molecule has 100 valence electrons. The molecule has 2 N–H and O–H groups in total. The summed E-state index contributed by atoms with van der Waals surface area (Å²) in [6, 6.07) is 0.0848. The number of rotatable bonds is 5. The van der Waals surface area contributed by atoms with E-state index in [0.717, 1.165) is 26.1 Å². The zero-order valence-electron chi connectivity index (χ0n) is 11.1. The fourth-order valence-electron chi connectivity index (χ4n) is 2.77. The highest BCUT2D eigenvalue weighted by molar-refractivity contribution is 5.00. The fourth-order valence-corrected chi connectivity index (χ4v) is 2.77. The Bertz CT molecular complexity index is 257. The second-order valence-corrected chi connectivity index (χ2v) is 5.65. The summed E-state index contributed by atoms with van der Waals surface area (Å²) in [5.74, 6) is -0.108. The average molecular weight is 243 g/mol. The lowest BCUT2D eigenvalue weighted by Crippen LogP contribution is -2.35. The predicted octanol–water partition coefficient (Wildman–Crippen LogP) is 1.67. The van der Waals surface area contributed by atoms with Crippen LogP contribution < -0.4 is 5.73 Å². The average Bonchev–Trinajstić information content (AvgIpc) is 2.70. The van der Waals surface area contributed by atoms with Gasteiger partial charge in [-0.2, -0.15) is 0 Å². The third-order valence-corrected chi connectivity index (χ3v) is 3.60. The molecule has 0 amide bonds. The van der Waals surface area contributed by atoms with Crippen LogP contribution in [0.4, 0.5) is 0 Å². The van der Waals surface area contributed by atoms with Gasteiger partial charge in [0.2, 0.25) is 0 Å². The summed E-state index contributed by atoms with van der Waals surface area (Å²) in [5, 5.41) is 0. The van der Waals surface area contributed by atoms with Crippen molar-refractivity contribution in [3.05, 3.63) is 0 Å². The van der Waals surface area contributed by atoms with Gasteiger partial charge in [-0.15, -0.1) is 0 Å². The molecule has 0 aromatic carbocycles. The highest BCUT2D eigenvalue weighted by atomic mass is 16.8. The van der Waals surface area contributed by atoms with Crippen molar-refractivity contribution in [2.24, 2.45) is 11.7 Å². The third-order valence-electron chi connectivity index (χ3n) is 3.60. The van der Waals surface area contributed by atoms with E-state index in [1.165, 1.54) is 6.42 Å². The van der Waals surface area contributed by atoms with Crippen LogP contribution in [0.3, 0.4) is 0 Å². The van der Waals surface area contributed by atoms with Crippen molar-refractivity contribution in [2.45, 2.75) is 64.1 Å². The van der Waals surface area contributed by atoms with Gasteiger partial charge in [0, 0.05) is 18.6 Å². The van der Waals surface area contributed by atoms with Crippen molar-refractivity contribution in [1.82, 2.24) is 0 Å². The van der Waals surface area contributed by atoms with Gasteiger partial charge in [-0.05, 0) is 26.7 Å². The minimum atomic E-state index is -0.491. The Labute approximate surface area is 104 Å². The smallest absolute Gasteiger partial charge is 0.163 e. The normalized spacial score (nSPS) is 39.5. The van der Waals surface area contributed by atoms with Gasteiger partial charge >= 0.3 is 0 Å². The zero-order chi connectivity index (χ0) is 12.5. The molecule has 2 rings (SSSR count). The number of fused-ring (bicyclic) bond motifs is 1. The molecule has 2 unspecified atom stereocenters. The van der Waals surface area contributed by atoms with Crippen molar-refractivity contribution < 1.29 is 14.2 Å². The molecular weight excluding hydrogens is 218 g/mol. The second kappa shape index (κ2) is 5.22. The van der Waals surface area contributed by atoms with E-state index in [-0.39, 0.29) is 18.2 Å². The molecule has 1 aliphatic heterocycles. The summed E-state index contributed by atoms with van der Waals surface area (Å²) in [7, 11) is 0. The molecular formula is C13H25NO3. The van der Waals surface area contributed by atoms with Gasteiger partial charge in [0.15, 0.2) is 5.79 Å². The molecule has 1 saturated carbocycles. The Morgan fingerprint density at radius 1 is 1.29 bits per heavy atom. The topological polar surface area (TPSA) is 53.7 Å². The summed E-state index contributed by atoms with van der Waals surface area (Å²) in [5.41, 5.74) is 6.10. The van der Waals surface area contributed by atoms with Crippen LogP contribution in [0.2, 0.25) is 0 Å². The van der Waals surface area contributed by atoms with Crippen LogP contribution in [0.5, 0.6) is 0 Å². The molecule has 1 aliphatic carbocycles. The molecule has 0 radical (unpaired) electrons. The Morgan fingerprint density at radius 3 is 2.71 bits per heavy atom. The number of hydrogen-bond acceptors (Lipinski definition) is 4. The minimum absolute atomic E-state index is 0.0461. The molecule has 0 aromatic rings. The summed E-state index contributed by atoms with van der Waals surface area (Å²) >= 11 is 0. The standard InChI is InChI=1S/C13H25NO3/c1-4-5-6-15-8-9-7-10(14)12-11(9)16-13(2,3)17-12/h9-12H,4-8,14H2,1-3H3/t9-,10-,11?,12?/m1/s1. The van der Waals surface area contributed by atoms with Gasteiger partial charge in [-0.25, -0.2) is 0 Å². The first-order chi connectivity index (χ1) is 8.03. The van der Waals surface area contributed by atoms with Gasteiger partial charge < -0.3 is 19.9 Å². The van der Waals surface area contributed by atoms with Gasteiger partial charge in [-0.1, -0.05) is 13.3 Å². The first-order valence-corrected chi connectivity index (χ1v) is 6.72. The number of unbranched alkanes of at least 4 members (excludes halogenated alkanes) is 1. The van der Waals surface area contributed by atoms with E-state index < -0.39 is 5.79 Å². The van der Waals surface area contributed by atoms with Crippen molar-refractivity contribution in [3.63, 3.8) is 0 Å². The monoisotopic (exact) mass is 243 g/mol. The molecule has 2 fully saturated rings. The molecule has 1 heterocycles. The molecule has 0 spiro atoms. The molecule has 4 atom stereocenters. The first kappa shape index (κ1) is 13.3. The quantitative estimate of drug-likeness (QED) is 0.746. The van der Waals surface area contributed by atoms with Gasteiger partial charge in [0.05, 0.1) is 12.7 Å². The predicted molar refractivity (Wildman–Crippen MR) is 65.6 cm³/mol. The Kier molecular flexibility index (Phi) is 4.08. The fraction of sp³-hybridized carbons (Fsp3) is 1.00. The SMILES string of the molecule is CCCCOC[C@H]1C[C@@H](N)C2OC(C)(C)OC21. The molecule has 4 heteroatoms. The van der Waals surface area contributed by atoms with Gasteiger partial charge in [-0.3, -0.25) is 0 Å². The lowest BCUT2D eigenvalue weighted by Gasteiger charge is -2.22. The van der Waals surface area contributed by atoms with Crippen molar-refractivity contribution in [3.8, 4) is 0 Å². The third kappa shape index (κ3) is 2.99. The van der Waals surface area contributed by atoms with Gasteiger partial charge in [0.1, 0.15) is 6.10 Å². The minimum Gasteiger partial charge on any atom is -0.381 e. The maximum Gasteiger partial charge on any atom is 0.163 e. The van der Waals surface area contributed by atoms with E-state index in [4.69, 9.17) is 19.9 Å². The van der Waals surface area contributed by atoms with E-state index in [0.29, 0.717) is 5.92 Å². The molecule has 4 nitrogen and oxygen atoms in total. The summed E-state index contributed by atoms with van der Waals surface area (Å²) in [6.07, 6.45) is 3.39. The van der Waals surface area contributed by atoms with Crippen LogP contribution in [-0.4, -0.2) is 37.3 Å². The number of nitrogens with two attached hydrogens (primary N) is 1. The van der Waals surface area contributed by atoms with E-state index in [2.05, 4.69) is 6.92 Å². The molecule has 1 saturated heterocycles. The Balaban J connectivity index is 1.83. The highest BCUT2D eigenvalue weighted by Crippen LogP contribution is 2.40. The molecule has 2 aliphatic rings. The number of hydrogen-bond donors (Lipinski definition) is 1. The van der Waals surface area contributed by atoms with Crippen molar-refractivity contribution >= 4 is 0 Å². The molecule has 0 aromatic heterocycles. The highest BCUT2D eigenvalue weighted by Gasteiger charge is 2.52. The van der Waals surface area contributed by atoms with E-state index in [9.17, 15) is 0 Å². The zero-order valence-corrected chi connectivity index (χ0v) is 11.1. The summed E-state index contributed by atoms with van der Waals surface area (Å²) in [6.45, 7) is 7.65. The van der Waals surface area contributed by atoms with Crippen LogP contribution in [0.15, 0.2) is 0 Å². The van der Waals surface area contributed by atoms with Crippen LogP contribution in [-0.2, 0) is 14.2 Å².